The monoisotopic (exact) mass is 388 g/mol. The summed E-state index contributed by atoms with van der Waals surface area (Å²) in [5.74, 6) is 1.97. The van der Waals surface area contributed by atoms with Crippen LogP contribution in [-0.2, 0) is 14.3 Å². The minimum Gasteiger partial charge on any atom is -0.495 e. The van der Waals surface area contributed by atoms with Gasteiger partial charge in [-0.1, -0.05) is 52.5 Å². The highest BCUT2D eigenvalue weighted by Crippen LogP contribution is 2.45. The number of allylic oxidation sites excluding steroid dienone is 3. The Morgan fingerprint density at radius 1 is 1.32 bits per heavy atom. The van der Waals surface area contributed by atoms with Crippen molar-refractivity contribution in [3.05, 3.63) is 36.1 Å². The number of carbonyl (C=O) groups excluding carboxylic acids is 1. The zero-order valence-corrected chi connectivity index (χ0v) is 17.8. The first kappa shape index (κ1) is 21.2. The summed E-state index contributed by atoms with van der Waals surface area (Å²) in [6.07, 6.45) is 10.5. The van der Waals surface area contributed by atoms with Crippen LogP contribution in [0.15, 0.2) is 36.1 Å². The van der Waals surface area contributed by atoms with Crippen LogP contribution >= 0.6 is 0 Å². The summed E-state index contributed by atoms with van der Waals surface area (Å²) >= 11 is 0. The van der Waals surface area contributed by atoms with Gasteiger partial charge in [0.2, 0.25) is 0 Å². The van der Waals surface area contributed by atoms with E-state index in [0.717, 1.165) is 19.3 Å². The Balaban J connectivity index is 1.74. The number of rotatable bonds is 5. The highest BCUT2D eigenvalue weighted by Gasteiger charge is 2.41. The van der Waals surface area contributed by atoms with Gasteiger partial charge in [0.1, 0.15) is 12.2 Å². The molecule has 1 saturated heterocycles. The summed E-state index contributed by atoms with van der Waals surface area (Å²) in [6.45, 7) is 12.1. The Labute approximate surface area is 169 Å². The summed E-state index contributed by atoms with van der Waals surface area (Å²) in [4.78, 5) is 12.3. The van der Waals surface area contributed by atoms with E-state index >= 15 is 0 Å². The number of aliphatic hydroxyl groups excluding tert-OH is 1. The number of aliphatic hydroxyl groups is 1. The fraction of sp³-hybridized carbons (Fsp3) is 0.708. The number of ether oxygens (including phenoxy) is 2. The van der Waals surface area contributed by atoms with Crippen molar-refractivity contribution in [3.8, 4) is 0 Å². The van der Waals surface area contributed by atoms with E-state index in [1.165, 1.54) is 5.57 Å². The van der Waals surface area contributed by atoms with Crippen molar-refractivity contribution in [1.29, 1.82) is 0 Å². The number of fused-ring (bicyclic) bond motifs is 1. The normalized spacial score (nSPS) is 37.9. The molecule has 1 heterocycles. The molecule has 7 unspecified atom stereocenters. The van der Waals surface area contributed by atoms with Gasteiger partial charge in [-0.25, -0.2) is 0 Å². The number of esters is 1. The minimum absolute atomic E-state index is 0.0287. The maximum Gasteiger partial charge on any atom is 0.308 e. The number of hydrogen-bond acceptors (Lipinski definition) is 4. The maximum atomic E-state index is 12.3. The van der Waals surface area contributed by atoms with Crippen molar-refractivity contribution in [2.75, 3.05) is 0 Å². The Bertz CT molecular complexity index is 647. The number of carbonyl (C=O) groups is 1. The van der Waals surface area contributed by atoms with Gasteiger partial charge >= 0.3 is 5.97 Å². The first-order valence-corrected chi connectivity index (χ1v) is 10.9. The molecule has 0 aromatic heterocycles. The van der Waals surface area contributed by atoms with Crippen molar-refractivity contribution in [2.45, 2.75) is 78.1 Å². The summed E-state index contributed by atoms with van der Waals surface area (Å²) < 4.78 is 11.9. The van der Waals surface area contributed by atoms with E-state index in [2.05, 4.69) is 38.7 Å². The topological polar surface area (TPSA) is 55.8 Å². The Morgan fingerprint density at radius 3 is 2.75 bits per heavy atom. The SMILES string of the molecule is C=C1CC(O)CC(CCC2C(C)C=CC3=CC(C)CC(OC(=O)C(C)C)C32)O1. The average Bonchev–Trinajstić information content (AvgIpc) is 2.60. The molecule has 0 radical (unpaired) electrons. The van der Waals surface area contributed by atoms with Gasteiger partial charge < -0.3 is 14.6 Å². The molecule has 1 fully saturated rings. The molecule has 2 aliphatic carbocycles. The van der Waals surface area contributed by atoms with Crippen LogP contribution in [0, 0.1) is 29.6 Å². The second-order valence-corrected chi connectivity index (χ2v) is 9.37. The zero-order valence-electron chi connectivity index (χ0n) is 17.8. The van der Waals surface area contributed by atoms with E-state index < -0.39 is 0 Å². The Kier molecular flexibility index (Phi) is 6.69. The van der Waals surface area contributed by atoms with Gasteiger partial charge in [0, 0.05) is 18.8 Å². The maximum absolute atomic E-state index is 12.3. The van der Waals surface area contributed by atoms with E-state index in [4.69, 9.17) is 9.47 Å². The molecule has 0 aromatic rings. The molecule has 4 nitrogen and oxygen atoms in total. The predicted octanol–water partition coefficient (Wildman–Crippen LogP) is 4.79. The third kappa shape index (κ3) is 4.89. The minimum atomic E-state index is -0.347. The van der Waals surface area contributed by atoms with Crippen molar-refractivity contribution in [3.63, 3.8) is 0 Å². The van der Waals surface area contributed by atoms with Crippen LogP contribution in [0.25, 0.3) is 0 Å². The molecule has 4 heteroatoms. The van der Waals surface area contributed by atoms with Crippen molar-refractivity contribution < 1.29 is 19.4 Å². The van der Waals surface area contributed by atoms with Crippen molar-refractivity contribution >= 4 is 5.97 Å². The molecule has 3 aliphatic rings. The van der Waals surface area contributed by atoms with E-state index in [0.29, 0.717) is 36.4 Å². The van der Waals surface area contributed by atoms with Crippen LogP contribution in [0.1, 0.15) is 59.8 Å². The largest absolute Gasteiger partial charge is 0.495 e. The van der Waals surface area contributed by atoms with Crippen LogP contribution in [0.3, 0.4) is 0 Å². The van der Waals surface area contributed by atoms with Gasteiger partial charge in [0.15, 0.2) is 0 Å². The Hall–Kier alpha value is -1.55. The molecule has 0 spiro atoms. The molecule has 7 atom stereocenters. The molecular formula is C24H36O4. The quantitative estimate of drug-likeness (QED) is 0.688. The lowest BCUT2D eigenvalue weighted by Gasteiger charge is -2.43. The summed E-state index contributed by atoms with van der Waals surface area (Å²) in [5.41, 5.74) is 1.32. The molecular weight excluding hydrogens is 352 g/mol. The molecule has 3 rings (SSSR count). The lowest BCUT2D eigenvalue weighted by atomic mass is 9.65. The van der Waals surface area contributed by atoms with Gasteiger partial charge in [0.05, 0.1) is 17.8 Å². The van der Waals surface area contributed by atoms with E-state index in [1.54, 1.807) is 0 Å². The van der Waals surface area contributed by atoms with E-state index in [1.807, 2.05) is 13.8 Å². The van der Waals surface area contributed by atoms with Crippen LogP contribution < -0.4 is 0 Å². The van der Waals surface area contributed by atoms with Gasteiger partial charge in [0.25, 0.3) is 0 Å². The lowest BCUT2D eigenvalue weighted by molar-refractivity contribution is -0.157. The van der Waals surface area contributed by atoms with Crippen molar-refractivity contribution in [1.82, 2.24) is 0 Å². The van der Waals surface area contributed by atoms with Crippen LogP contribution in [-0.4, -0.2) is 29.4 Å². The molecule has 1 N–H and O–H groups in total. The van der Waals surface area contributed by atoms with Crippen LogP contribution in [0.4, 0.5) is 0 Å². The van der Waals surface area contributed by atoms with Gasteiger partial charge in [-0.05, 0) is 42.6 Å². The highest BCUT2D eigenvalue weighted by atomic mass is 16.5. The zero-order chi connectivity index (χ0) is 20.4. The number of hydrogen-bond donors (Lipinski definition) is 1. The van der Waals surface area contributed by atoms with E-state index in [9.17, 15) is 9.90 Å². The molecule has 28 heavy (non-hydrogen) atoms. The molecule has 0 aromatic carbocycles. The van der Waals surface area contributed by atoms with Crippen LogP contribution in [0.5, 0.6) is 0 Å². The third-order valence-corrected chi connectivity index (χ3v) is 6.49. The molecule has 0 amide bonds. The summed E-state index contributed by atoms with van der Waals surface area (Å²) in [6, 6.07) is 0. The second-order valence-electron chi connectivity index (χ2n) is 9.37. The van der Waals surface area contributed by atoms with Gasteiger partial charge in [-0.2, -0.15) is 0 Å². The summed E-state index contributed by atoms with van der Waals surface area (Å²) in [7, 11) is 0. The smallest absolute Gasteiger partial charge is 0.308 e. The predicted molar refractivity (Wildman–Crippen MR) is 110 cm³/mol. The lowest BCUT2D eigenvalue weighted by Crippen LogP contribution is -2.41. The fourth-order valence-electron chi connectivity index (χ4n) is 5.04. The first-order valence-electron chi connectivity index (χ1n) is 10.9. The van der Waals surface area contributed by atoms with Gasteiger partial charge in [-0.15, -0.1) is 0 Å². The molecule has 0 bridgehead atoms. The molecule has 156 valence electrons. The second kappa shape index (κ2) is 8.86. The van der Waals surface area contributed by atoms with E-state index in [-0.39, 0.29) is 36.1 Å². The molecule has 0 saturated carbocycles. The van der Waals surface area contributed by atoms with Crippen LogP contribution in [0.2, 0.25) is 0 Å². The average molecular weight is 389 g/mol. The summed E-state index contributed by atoms with van der Waals surface area (Å²) in [5, 5.41) is 10.0. The highest BCUT2D eigenvalue weighted by molar-refractivity contribution is 5.71. The molecule has 1 aliphatic heterocycles. The first-order chi connectivity index (χ1) is 13.2. The standard InChI is InChI=1S/C24H36O4/c1-14(2)24(26)28-22-11-15(3)10-18-7-6-16(4)21(23(18)22)9-8-20-13-19(25)12-17(5)27-20/h6-7,10,14-16,19-23,25H,5,8-9,11-13H2,1-4H3. The third-order valence-electron chi connectivity index (χ3n) is 6.49. The fourth-order valence-corrected chi connectivity index (χ4v) is 5.04. The Morgan fingerprint density at radius 2 is 2.07 bits per heavy atom. The van der Waals surface area contributed by atoms with Gasteiger partial charge in [-0.3, -0.25) is 4.79 Å². The van der Waals surface area contributed by atoms with Crippen molar-refractivity contribution in [2.24, 2.45) is 29.6 Å².